The highest BCUT2D eigenvalue weighted by molar-refractivity contribution is 4.95. The van der Waals surface area contributed by atoms with Gasteiger partial charge in [-0.1, -0.05) is 6.92 Å². The van der Waals surface area contributed by atoms with E-state index in [2.05, 4.69) is 31.0 Å². The van der Waals surface area contributed by atoms with Crippen molar-refractivity contribution in [2.24, 2.45) is 0 Å². The lowest BCUT2D eigenvalue weighted by Crippen LogP contribution is -2.59. The first-order valence-electron chi connectivity index (χ1n) is 7.23. The largest absolute Gasteiger partial charge is 0.380 e. The van der Waals surface area contributed by atoms with Crippen molar-refractivity contribution in [3.05, 3.63) is 0 Å². The fourth-order valence-electron chi connectivity index (χ4n) is 3.59. The Balaban J connectivity index is 1.93. The first kappa shape index (κ1) is 13.3. The molecule has 3 heteroatoms. The number of ether oxygens (including phenoxy) is 1. The minimum atomic E-state index is 0.287. The van der Waals surface area contributed by atoms with E-state index in [4.69, 9.17) is 4.74 Å². The molecule has 0 bridgehead atoms. The molecule has 0 radical (unpaired) electrons. The van der Waals surface area contributed by atoms with Crippen molar-refractivity contribution in [2.75, 3.05) is 26.3 Å². The average Bonchev–Trinajstić information content (AvgIpc) is 2.30. The molecule has 100 valence electrons. The SMILES string of the molecule is CCNC1CCN(C2(C)CCCOC2)C(C)C1. The van der Waals surface area contributed by atoms with Crippen LogP contribution in [0.25, 0.3) is 0 Å². The van der Waals surface area contributed by atoms with Crippen LogP contribution in [0.15, 0.2) is 0 Å². The van der Waals surface area contributed by atoms with Crippen molar-refractivity contribution < 1.29 is 4.74 Å². The zero-order chi connectivity index (χ0) is 12.3. The third-order valence-electron chi connectivity index (χ3n) is 4.48. The van der Waals surface area contributed by atoms with E-state index in [-0.39, 0.29) is 5.54 Å². The summed E-state index contributed by atoms with van der Waals surface area (Å²) in [6, 6.07) is 1.40. The number of nitrogens with one attached hydrogen (secondary N) is 1. The van der Waals surface area contributed by atoms with E-state index >= 15 is 0 Å². The van der Waals surface area contributed by atoms with Crippen molar-refractivity contribution in [1.82, 2.24) is 10.2 Å². The predicted octanol–water partition coefficient (Wildman–Crippen LogP) is 2.02. The molecule has 0 amide bonds. The molecule has 2 fully saturated rings. The van der Waals surface area contributed by atoms with Crippen molar-refractivity contribution in [2.45, 2.75) is 64.1 Å². The molecule has 2 aliphatic heterocycles. The third-order valence-corrected chi connectivity index (χ3v) is 4.48. The first-order chi connectivity index (χ1) is 8.15. The van der Waals surface area contributed by atoms with Crippen LogP contribution in [0, 0.1) is 0 Å². The molecule has 2 saturated heterocycles. The van der Waals surface area contributed by atoms with Crippen LogP contribution in [0.2, 0.25) is 0 Å². The van der Waals surface area contributed by atoms with Gasteiger partial charge in [0.05, 0.1) is 6.61 Å². The van der Waals surface area contributed by atoms with E-state index in [0.717, 1.165) is 25.8 Å². The van der Waals surface area contributed by atoms with E-state index < -0.39 is 0 Å². The highest BCUT2D eigenvalue weighted by Gasteiger charge is 2.39. The number of rotatable bonds is 3. The van der Waals surface area contributed by atoms with Gasteiger partial charge in [-0.15, -0.1) is 0 Å². The van der Waals surface area contributed by atoms with Gasteiger partial charge in [0, 0.05) is 30.8 Å². The molecule has 0 aromatic rings. The topological polar surface area (TPSA) is 24.5 Å². The van der Waals surface area contributed by atoms with Crippen LogP contribution < -0.4 is 5.32 Å². The molecular weight excluding hydrogens is 212 g/mol. The summed E-state index contributed by atoms with van der Waals surface area (Å²) >= 11 is 0. The molecule has 3 unspecified atom stereocenters. The van der Waals surface area contributed by atoms with Gasteiger partial charge in [0.25, 0.3) is 0 Å². The summed E-state index contributed by atoms with van der Waals surface area (Å²) in [6.07, 6.45) is 5.08. The number of nitrogens with zero attached hydrogens (tertiary/aromatic N) is 1. The maximum absolute atomic E-state index is 5.70. The standard InChI is InChI=1S/C14H28N2O/c1-4-15-13-6-8-16(12(2)10-13)14(3)7-5-9-17-11-14/h12-13,15H,4-11H2,1-3H3. The van der Waals surface area contributed by atoms with E-state index in [1.807, 2.05) is 0 Å². The van der Waals surface area contributed by atoms with E-state index in [1.165, 1.54) is 32.2 Å². The Labute approximate surface area is 106 Å². The lowest BCUT2D eigenvalue weighted by Gasteiger charge is -2.50. The molecule has 2 heterocycles. The van der Waals surface area contributed by atoms with Gasteiger partial charge in [-0.25, -0.2) is 0 Å². The van der Waals surface area contributed by atoms with Crippen molar-refractivity contribution in [3.8, 4) is 0 Å². The molecule has 2 aliphatic rings. The maximum atomic E-state index is 5.70. The second-order valence-electron chi connectivity index (χ2n) is 5.97. The Morgan fingerprint density at radius 2 is 2.29 bits per heavy atom. The van der Waals surface area contributed by atoms with Crippen LogP contribution in [-0.4, -0.2) is 48.8 Å². The lowest BCUT2D eigenvalue weighted by atomic mass is 9.86. The molecule has 0 aromatic carbocycles. The molecule has 0 aliphatic carbocycles. The molecule has 3 nitrogen and oxygen atoms in total. The zero-order valence-corrected chi connectivity index (χ0v) is 11.7. The van der Waals surface area contributed by atoms with Gasteiger partial charge < -0.3 is 10.1 Å². The Bertz CT molecular complexity index is 238. The van der Waals surface area contributed by atoms with E-state index in [9.17, 15) is 0 Å². The summed E-state index contributed by atoms with van der Waals surface area (Å²) in [7, 11) is 0. The normalized spacial score (nSPS) is 40.4. The first-order valence-corrected chi connectivity index (χ1v) is 7.23. The third kappa shape index (κ3) is 3.01. The van der Waals surface area contributed by atoms with Gasteiger partial charge in [-0.05, 0) is 46.1 Å². The molecular formula is C14H28N2O. The summed E-state index contributed by atoms with van der Waals surface area (Å²) in [6.45, 7) is 11.2. The molecule has 0 saturated carbocycles. The van der Waals surface area contributed by atoms with Crippen LogP contribution >= 0.6 is 0 Å². The highest BCUT2D eigenvalue weighted by Crippen LogP contribution is 2.31. The quantitative estimate of drug-likeness (QED) is 0.817. The van der Waals surface area contributed by atoms with Crippen molar-refractivity contribution in [3.63, 3.8) is 0 Å². The zero-order valence-electron chi connectivity index (χ0n) is 11.7. The van der Waals surface area contributed by atoms with Gasteiger partial charge in [0.2, 0.25) is 0 Å². The van der Waals surface area contributed by atoms with Crippen molar-refractivity contribution in [1.29, 1.82) is 0 Å². The summed E-state index contributed by atoms with van der Waals surface area (Å²) in [5.41, 5.74) is 0.287. The second kappa shape index (κ2) is 5.68. The van der Waals surface area contributed by atoms with Crippen LogP contribution in [0.3, 0.4) is 0 Å². The smallest absolute Gasteiger partial charge is 0.0647 e. The predicted molar refractivity (Wildman–Crippen MR) is 71.3 cm³/mol. The van der Waals surface area contributed by atoms with Gasteiger partial charge >= 0.3 is 0 Å². The van der Waals surface area contributed by atoms with Gasteiger partial charge in [0.15, 0.2) is 0 Å². The number of hydrogen-bond acceptors (Lipinski definition) is 3. The van der Waals surface area contributed by atoms with Crippen LogP contribution in [0.1, 0.15) is 46.5 Å². The summed E-state index contributed by atoms with van der Waals surface area (Å²) in [5, 5.41) is 3.59. The minimum Gasteiger partial charge on any atom is -0.380 e. The molecule has 2 rings (SSSR count). The minimum absolute atomic E-state index is 0.287. The number of likely N-dealkylation sites (tertiary alicyclic amines) is 1. The van der Waals surface area contributed by atoms with Gasteiger partial charge in [-0.2, -0.15) is 0 Å². The highest BCUT2D eigenvalue weighted by atomic mass is 16.5. The van der Waals surface area contributed by atoms with Crippen LogP contribution in [-0.2, 0) is 4.74 Å². The molecule has 17 heavy (non-hydrogen) atoms. The van der Waals surface area contributed by atoms with Crippen LogP contribution in [0.5, 0.6) is 0 Å². The number of piperidine rings is 1. The van der Waals surface area contributed by atoms with Gasteiger partial charge in [0.1, 0.15) is 0 Å². The monoisotopic (exact) mass is 240 g/mol. The Morgan fingerprint density at radius 1 is 1.47 bits per heavy atom. The second-order valence-corrected chi connectivity index (χ2v) is 5.97. The van der Waals surface area contributed by atoms with Crippen molar-refractivity contribution >= 4 is 0 Å². The van der Waals surface area contributed by atoms with E-state index in [1.54, 1.807) is 0 Å². The Hall–Kier alpha value is -0.120. The molecule has 0 spiro atoms. The summed E-state index contributed by atoms with van der Waals surface area (Å²) < 4.78 is 5.70. The summed E-state index contributed by atoms with van der Waals surface area (Å²) in [5.74, 6) is 0. The fourth-order valence-corrected chi connectivity index (χ4v) is 3.59. The molecule has 0 aromatic heterocycles. The Kier molecular flexibility index (Phi) is 4.45. The van der Waals surface area contributed by atoms with E-state index in [0.29, 0.717) is 6.04 Å². The molecule has 1 N–H and O–H groups in total. The lowest BCUT2D eigenvalue weighted by molar-refractivity contribution is -0.0684. The van der Waals surface area contributed by atoms with Gasteiger partial charge in [-0.3, -0.25) is 4.90 Å². The fraction of sp³-hybridized carbons (Fsp3) is 1.00. The number of hydrogen-bond donors (Lipinski definition) is 1. The van der Waals surface area contributed by atoms with Crippen LogP contribution in [0.4, 0.5) is 0 Å². The Morgan fingerprint density at radius 3 is 2.88 bits per heavy atom. The maximum Gasteiger partial charge on any atom is 0.0647 e. The molecule has 3 atom stereocenters. The average molecular weight is 240 g/mol. The summed E-state index contributed by atoms with van der Waals surface area (Å²) in [4.78, 5) is 2.69.